The predicted molar refractivity (Wildman–Crippen MR) is 258 cm³/mol. The van der Waals surface area contributed by atoms with E-state index in [1.165, 1.54) is 49.3 Å². The van der Waals surface area contributed by atoms with Gasteiger partial charge in [0.15, 0.2) is 0 Å². The fraction of sp³-hybridized carbons (Fsp3) is 0.0169. The van der Waals surface area contributed by atoms with Crippen molar-refractivity contribution >= 4 is 71.6 Å². The van der Waals surface area contributed by atoms with Crippen LogP contribution in [0, 0.1) is 0 Å². The average Bonchev–Trinajstić information content (AvgIpc) is 3.89. The SMILES string of the molecule is c1ccc(-n2c3ccccc3c3ccc(N(c4ccc5c(c4)C4(c6ccccc6O5)c5ccccc5-c5cccc6cccc4c56)c4cccc5oc6ccccc6c45)cc32)cc1. The topological polar surface area (TPSA) is 30.5 Å². The summed E-state index contributed by atoms with van der Waals surface area (Å²) in [6.07, 6.45) is 0. The maximum Gasteiger partial charge on any atom is 0.137 e. The Morgan fingerprint density at radius 3 is 1.97 bits per heavy atom. The van der Waals surface area contributed by atoms with Crippen molar-refractivity contribution < 1.29 is 9.15 Å². The summed E-state index contributed by atoms with van der Waals surface area (Å²) >= 11 is 0. The van der Waals surface area contributed by atoms with Crippen molar-refractivity contribution in [2.24, 2.45) is 0 Å². The van der Waals surface area contributed by atoms with Crippen LogP contribution in [0.25, 0.3) is 71.3 Å². The molecule has 10 aromatic carbocycles. The highest BCUT2D eigenvalue weighted by molar-refractivity contribution is 6.15. The molecule has 0 saturated carbocycles. The van der Waals surface area contributed by atoms with E-state index in [4.69, 9.17) is 9.15 Å². The fourth-order valence-electron chi connectivity index (χ4n) is 11.1. The van der Waals surface area contributed by atoms with Crippen LogP contribution in [0.15, 0.2) is 223 Å². The van der Waals surface area contributed by atoms with E-state index in [9.17, 15) is 0 Å². The lowest BCUT2D eigenvalue weighted by molar-refractivity contribution is 0.435. The minimum Gasteiger partial charge on any atom is -0.457 e. The Hall–Kier alpha value is -8.34. The van der Waals surface area contributed by atoms with Gasteiger partial charge in [0.05, 0.1) is 27.5 Å². The number of hydrogen-bond donors (Lipinski definition) is 0. The first-order valence-electron chi connectivity index (χ1n) is 21.6. The van der Waals surface area contributed by atoms with Gasteiger partial charge in [-0.25, -0.2) is 0 Å². The van der Waals surface area contributed by atoms with Crippen LogP contribution in [-0.2, 0) is 5.41 Å². The van der Waals surface area contributed by atoms with E-state index in [0.29, 0.717) is 0 Å². The Balaban J connectivity index is 1.10. The molecule has 14 rings (SSSR count). The van der Waals surface area contributed by atoms with Gasteiger partial charge < -0.3 is 18.6 Å². The number of aromatic nitrogens is 1. The second-order valence-electron chi connectivity index (χ2n) is 16.8. The highest BCUT2D eigenvalue weighted by atomic mass is 16.5. The van der Waals surface area contributed by atoms with Gasteiger partial charge in [-0.05, 0) is 106 Å². The molecule has 0 N–H and O–H groups in total. The Morgan fingerprint density at radius 1 is 0.397 bits per heavy atom. The molecule has 4 heteroatoms. The number of fused-ring (bicyclic) bond motifs is 14. The van der Waals surface area contributed by atoms with Crippen molar-refractivity contribution in [3.8, 4) is 28.3 Å². The molecule has 0 amide bonds. The number of anilines is 3. The van der Waals surface area contributed by atoms with E-state index in [1.54, 1.807) is 0 Å². The van der Waals surface area contributed by atoms with E-state index in [1.807, 2.05) is 6.07 Å². The lowest BCUT2D eigenvalue weighted by Crippen LogP contribution is -2.36. The smallest absolute Gasteiger partial charge is 0.137 e. The van der Waals surface area contributed by atoms with E-state index < -0.39 is 5.41 Å². The third-order valence-electron chi connectivity index (χ3n) is 13.6. The summed E-state index contributed by atoms with van der Waals surface area (Å²) in [6, 6.07) is 79.0. The summed E-state index contributed by atoms with van der Waals surface area (Å²) in [5.41, 5.74) is 14.7. The lowest BCUT2D eigenvalue weighted by atomic mass is 9.58. The van der Waals surface area contributed by atoms with E-state index >= 15 is 0 Å². The number of nitrogens with zero attached hydrogens (tertiary/aromatic N) is 2. The third kappa shape index (κ3) is 4.64. The minimum atomic E-state index is -0.686. The Labute approximate surface area is 363 Å². The first-order chi connectivity index (χ1) is 31.3. The molecule has 0 saturated heterocycles. The number of para-hydroxylation sites is 4. The molecule has 63 heavy (non-hydrogen) atoms. The molecular formula is C59H36N2O2. The summed E-state index contributed by atoms with van der Waals surface area (Å²) < 4.78 is 16.0. The molecule has 12 aromatic rings. The monoisotopic (exact) mass is 804 g/mol. The molecule has 0 fully saturated rings. The van der Waals surface area contributed by atoms with Crippen LogP contribution in [0.3, 0.4) is 0 Å². The van der Waals surface area contributed by atoms with Crippen molar-refractivity contribution in [3.63, 3.8) is 0 Å². The number of furan rings is 1. The number of rotatable bonds is 4. The molecular weight excluding hydrogens is 769 g/mol. The summed E-state index contributed by atoms with van der Waals surface area (Å²) in [6.45, 7) is 0. The highest BCUT2D eigenvalue weighted by Crippen LogP contribution is 2.62. The van der Waals surface area contributed by atoms with Crippen LogP contribution in [0.5, 0.6) is 11.5 Å². The number of hydrogen-bond acceptors (Lipinski definition) is 3. The zero-order valence-electron chi connectivity index (χ0n) is 34.0. The predicted octanol–water partition coefficient (Wildman–Crippen LogP) is 15.8. The van der Waals surface area contributed by atoms with E-state index in [-0.39, 0.29) is 0 Å². The molecule has 1 spiro atoms. The summed E-state index contributed by atoms with van der Waals surface area (Å²) in [7, 11) is 0. The fourth-order valence-corrected chi connectivity index (χ4v) is 11.1. The van der Waals surface area contributed by atoms with Crippen molar-refractivity contribution in [3.05, 3.63) is 241 Å². The summed E-state index contributed by atoms with van der Waals surface area (Å²) in [4.78, 5) is 2.43. The van der Waals surface area contributed by atoms with Crippen LogP contribution in [0.1, 0.15) is 22.3 Å². The molecule has 0 radical (unpaired) electrons. The Morgan fingerprint density at radius 2 is 1.05 bits per heavy atom. The molecule has 1 aliphatic heterocycles. The molecule has 3 heterocycles. The highest BCUT2D eigenvalue weighted by Gasteiger charge is 2.49. The van der Waals surface area contributed by atoms with E-state index in [0.717, 1.165) is 72.8 Å². The van der Waals surface area contributed by atoms with Gasteiger partial charge in [-0.15, -0.1) is 0 Å². The van der Waals surface area contributed by atoms with Crippen molar-refractivity contribution in [2.75, 3.05) is 4.90 Å². The van der Waals surface area contributed by atoms with Gasteiger partial charge in [-0.2, -0.15) is 0 Å². The first kappa shape index (κ1) is 34.4. The average molecular weight is 805 g/mol. The molecule has 0 bridgehead atoms. The van der Waals surface area contributed by atoms with Gasteiger partial charge in [0.25, 0.3) is 0 Å². The van der Waals surface area contributed by atoms with Gasteiger partial charge in [-0.1, -0.05) is 146 Å². The normalized spacial score (nSPS) is 14.9. The maximum atomic E-state index is 6.98. The lowest BCUT2D eigenvalue weighted by Gasteiger charge is -2.45. The molecule has 294 valence electrons. The van der Waals surface area contributed by atoms with Crippen molar-refractivity contribution in [1.29, 1.82) is 0 Å². The van der Waals surface area contributed by atoms with Gasteiger partial charge in [0.1, 0.15) is 22.7 Å². The second-order valence-corrected chi connectivity index (χ2v) is 16.8. The number of ether oxygens (including phenoxy) is 1. The molecule has 1 atom stereocenters. The third-order valence-corrected chi connectivity index (χ3v) is 13.6. The minimum absolute atomic E-state index is 0.686. The first-order valence-corrected chi connectivity index (χ1v) is 21.6. The van der Waals surface area contributed by atoms with Crippen LogP contribution < -0.4 is 9.64 Å². The largest absolute Gasteiger partial charge is 0.457 e. The maximum absolute atomic E-state index is 6.98. The van der Waals surface area contributed by atoms with Gasteiger partial charge in [0, 0.05) is 44.3 Å². The van der Waals surface area contributed by atoms with Gasteiger partial charge in [-0.3, -0.25) is 0 Å². The van der Waals surface area contributed by atoms with Crippen LogP contribution in [-0.4, -0.2) is 4.57 Å². The number of benzene rings is 10. The van der Waals surface area contributed by atoms with Crippen LogP contribution >= 0.6 is 0 Å². The molecule has 1 unspecified atom stereocenters. The molecule has 1 aliphatic carbocycles. The van der Waals surface area contributed by atoms with Gasteiger partial charge >= 0.3 is 0 Å². The van der Waals surface area contributed by atoms with E-state index in [2.05, 4.69) is 222 Å². The Kier molecular flexibility index (Phi) is 7.01. The quantitative estimate of drug-likeness (QED) is 0.178. The molecule has 4 nitrogen and oxygen atoms in total. The van der Waals surface area contributed by atoms with Crippen LogP contribution in [0.2, 0.25) is 0 Å². The summed E-state index contributed by atoms with van der Waals surface area (Å²) in [5.74, 6) is 1.71. The van der Waals surface area contributed by atoms with Crippen molar-refractivity contribution in [1.82, 2.24) is 4.57 Å². The zero-order chi connectivity index (χ0) is 41.2. The molecule has 2 aliphatic rings. The van der Waals surface area contributed by atoms with Gasteiger partial charge in [0.2, 0.25) is 0 Å². The molecule has 2 aromatic heterocycles. The van der Waals surface area contributed by atoms with Crippen molar-refractivity contribution in [2.45, 2.75) is 5.41 Å². The standard InChI is InChI=1S/C59H36N2O2/c1-2-17-38(18-3-1)61-50-26-9-5-20-42(50)43-33-31-40(36-52(43)61)60(51-27-14-30-56-58(51)45-21-6-10-28-53(45)62-56)39-32-34-55-49(35-39)59(47-24-8-11-29-54(47)63-55)46-23-7-4-19-41(46)44-22-12-15-37-16-13-25-48(59)57(37)44/h1-36H. The summed E-state index contributed by atoms with van der Waals surface area (Å²) in [5, 5.41) is 7.05. The van der Waals surface area contributed by atoms with Crippen LogP contribution in [0.4, 0.5) is 17.1 Å². The second kappa shape index (κ2) is 12.8. The Bertz CT molecular complexity index is 3850. The zero-order valence-corrected chi connectivity index (χ0v) is 34.0.